The van der Waals surface area contributed by atoms with E-state index in [1.54, 1.807) is 12.4 Å². The summed E-state index contributed by atoms with van der Waals surface area (Å²) in [7, 11) is 0. The van der Waals surface area contributed by atoms with E-state index < -0.39 is 0 Å². The van der Waals surface area contributed by atoms with Crippen molar-refractivity contribution in [3.63, 3.8) is 0 Å². The molecule has 4 heteroatoms. The standard InChI is InChI=1S/C10H14ClN3/c11-8-10(3-1-4-10)14-7-9-12-5-2-6-13-9/h2,5-6,14H,1,3-4,7-8H2. The van der Waals surface area contributed by atoms with Crippen LogP contribution in [0.25, 0.3) is 0 Å². The molecule has 0 aromatic carbocycles. The van der Waals surface area contributed by atoms with Gasteiger partial charge in [0.15, 0.2) is 0 Å². The molecule has 0 atom stereocenters. The van der Waals surface area contributed by atoms with Gasteiger partial charge in [0.05, 0.1) is 6.54 Å². The fraction of sp³-hybridized carbons (Fsp3) is 0.600. The predicted octanol–water partition coefficient (Wildman–Crippen LogP) is 1.73. The number of nitrogens with zero attached hydrogens (tertiary/aromatic N) is 2. The maximum absolute atomic E-state index is 5.92. The average Bonchev–Trinajstić information content (AvgIpc) is 2.19. The number of hydrogen-bond acceptors (Lipinski definition) is 3. The van der Waals surface area contributed by atoms with Gasteiger partial charge < -0.3 is 5.32 Å². The van der Waals surface area contributed by atoms with Gasteiger partial charge in [-0.3, -0.25) is 0 Å². The van der Waals surface area contributed by atoms with Crippen molar-refractivity contribution in [1.82, 2.24) is 15.3 Å². The first-order chi connectivity index (χ1) is 6.85. The largest absolute Gasteiger partial charge is 0.303 e. The number of alkyl halides is 1. The maximum Gasteiger partial charge on any atom is 0.141 e. The Labute approximate surface area is 88.9 Å². The van der Waals surface area contributed by atoms with Crippen LogP contribution in [0.2, 0.25) is 0 Å². The molecule has 1 aliphatic carbocycles. The van der Waals surface area contributed by atoms with Gasteiger partial charge in [-0.25, -0.2) is 9.97 Å². The van der Waals surface area contributed by atoms with Crippen molar-refractivity contribution in [3.05, 3.63) is 24.3 Å². The third-order valence-electron chi connectivity index (χ3n) is 2.81. The van der Waals surface area contributed by atoms with Crippen LogP contribution < -0.4 is 5.32 Å². The summed E-state index contributed by atoms with van der Waals surface area (Å²) in [6, 6.07) is 1.82. The molecule has 1 aliphatic rings. The molecule has 3 nitrogen and oxygen atoms in total. The Kier molecular flexibility index (Phi) is 2.99. The van der Waals surface area contributed by atoms with E-state index in [1.807, 2.05) is 6.07 Å². The molecule has 1 N–H and O–H groups in total. The van der Waals surface area contributed by atoms with E-state index in [2.05, 4.69) is 15.3 Å². The Morgan fingerprint density at radius 3 is 2.57 bits per heavy atom. The van der Waals surface area contributed by atoms with Gasteiger partial charge >= 0.3 is 0 Å². The molecular formula is C10H14ClN3. The number of nitrogens with one attached hydrogen (secondary N) is 1. The van der Waals surface area contributed by atoms with Crippen molar-refractivity contribution < 1.29 is 0 Å². The molecule has 2 rings (SSSR count). The minimum Gasteiger partial charge on any atom is -0.303 e. The van der Waals surface area contributed by atoms with Gasteiger partial charge in [-0.15, -0.1) is 11.6 Å². The summed E-state index contributed by atoms with van der Waals surface area (Å²) < 4.78 is 0. The van der Waals surface area contributed by atoms with Crippen LogP contribution >= 0.6 is 11.6 Å². The van der Waals surface area contributed by atoms with Gasteiger partial charge in [0, 0.05) is 23.8 Å². The second kappa shape index (κ2) is 4.24. The molecule has 0 saturated heterocycles. The predicted molar refractivity (Wildman–Crippen MR) is 56.2 cm³/mol. The van der Waals surface area contributed by atoms with E-state index in [-0.39, 0.29) is 5.54 Å². The van der Waals surface area contributed by atoms with Gasteiger partial charge in [-0.2, -0.15) is 0 Å². The van der Waals surface area contributed by atoms with Crippen molar-refractivity contribution >= 4 is 11.6 Å². The van der Waals surface area contributed by atoms with E-state index in [4.69, 9.17) is 11.6 Å². The zero-order chi connectivity index (χ0) is 9.86. The summed E-state index contributed by atoms with van der Waals surface area (Å²) in [5.41, 5.74) is 0.154. The molecule has 1 heterocycles. The second-order valence-electron chi connectivity index (χ2n) is 3.79. The highest BCUT2D eigenvalue weighted by Gasteiger charge is 2.35. The molecule has 1 aromatic heterocycles. The van der Waals surface area contributed by atoms with Crippen LogP contribution in [-0.4, -0.2) is 21.4 Å². The van der Waals surface area contributed by atoms with Crippen molar-refractivity contribution in [1.29, 1.82) is 0 Å². The highest BCUT2D eigenvalue weighted by Crippen LogP contribution is 2.32. The van der Waals surface area contributed by atoms with E-state index in [1.165, 1.54) is 19.3 Å². The fourth-order valence-electron chi connectivity index (χ4n) is 1.65. The highest BCUT2D eigenvalue weighted by atomic mass is 35.5. The molecule has 1 aromatic rings. The zero-order valence-corrected chi connectivity index (χ0v) is 8.80. The maximum atomic E-state index is 5.92. The minimum atomic E-state index is 0.154. The lowest BCUT2D eigenvalue weighted by atomic mass is 9.78. The van der Waals surface area contributed by atoms with Crippen LogP contribution in [0, 0.1) is 0 Å². The SMILES string of the molecule is ClCC1(NCc2ncccn2)CCC1. The lowest BCUT2D eigenvalue weighted by Gasteiger charge is -2.41. The van der Waals surface area contributed by atoms with Crippen LogP contribution in [0.4, 0.5) is 0 Å². The Balaban J connectivity index is 1.88. The van der Waals surface area contributed by atoms with Crippen molar-refractivity contribution in [2.24, 2.45) is 0 Å². The van der Waals surface area contributed by atoms with Gasteiger partial charge in [0.25, 0.3) is 0 Å². The first-order valence-electron chi connectivity index (χ1n) is 4.92. The van der Waals surface area contributed by atoms with E-state index >= 15 is 0 Å². The highest BCUT2D eigenvalue weighted by molar-refractivity contribution is 6.18. The van der Waals surface area contributed by atoms with Crippen LogP contribution in [0.1, 0.15) is 25.1 Å². The Morgan fingerprint density at radius 1 is 1.36 bits per heavy atom. The second-order valence-corrected chi connectivity index (χ2v) is 4.05. The van der Waals surface area contributed by atoms with Gasteiger partial charge in [-0.05, 0) is 25.3 Å². The molecule has 76 valence electrons. The number of aromatic nitrogens is 2. The zero-order valence-electron chi connectivity index (χ0n) is 8.04. The molecule has 0 spiro atoms. The first-order valence-corrected chi connectivity index (χ1v) is 5.45. The van der Waals surface area contributed by atoms with E-state index in [0.29, 0.717) is 12.4 Å². The molecule has 1 saturated carbocycles. The normalized spacial score (nSPS) is 18.9. The van der Waals surface area contributed by atoms with Crippen LogP contribution in [0.5, 0.6) is 0 Å². The van der Waals surface area contributed by atoms with Gasteiger partial charge in [0.1, 0.15) is 5.82 Å². The van der Waals surface area contributed by atoms with Crippen molar-refractivity contribution in [2.75, 3.05) is 5.88 Å². The Morgan fingerprint density at radius 2 is 2.07 bits per heavy atom. The van der Waals surface area contributed by atoms with Gasteiger partial charge in [0.2, 0.25) is 0 Å². The molecule has 0 radical (unpaired) electrons. The van der Waals surface area contributed by atoms with Crippen molar-refractivity contribution in [2.45, 2.75) is 31.3 Å². The monoisotopic (exact) mass is 211 g/mol. The summed E-state index contributed by atoms with van der Waals surface area (Å²) in [6.07, 6.45) is 7.14. The summed E-state index contributed by atoms with van der Waals surface area (Å²) in [4.78, 5) is 8.32. The summed E-state index contributed by atoms with van der Waals surface area (Å²) >= 11 is 5.92. The molecule has 0 unspecified atom stereocenters. The van der Waals surface area contributed by atoms with E-state index in [9.17, 15) is 0 Å². The lowest BCUT2D eigenvalue weighted by Crippen LogP contribution is -2.52. The minimum absolute atomic E-state index is 0.154. The lowest BCUT2D eigenvalue weighted by molar-refractivity contribution is 0.209. The number of hydrogen-bond donors (Lipinski definition) is 1. The molecular weight excluding hydrogens is 198 g/mol. The third-order valence-corrected chi connectivity index (χ3v) is 3.32. The van der Waals surface area contributed by atoms with Gasteiger partial charge in [-0.1, -0.05) is 0 Å². The Bertz CT molecular complexity index is 279. The molecule has 14 heavy (non-hydrogen) atoms. The molecule has 0 amide bonds. The van der Waals surface area contributed by atoms with Crippen LogP contribution in [0.3, 0.4) is 0 Å². The summed E-state index contributed by atoms with van der Waals surface area (Å²) in [5, 5.41) is 3.44. The summed E-state index contributed by atoms with van der Waals surface area (Å²) in [5.74, 6) is 1.52. The average molecular weight is 212 g/mol. The van der Waals surface area contributed by atoms with Crippen molar-refractivity contribution in [3.8, 4) is 0 Å². The third kappa shape index (κ3) is 2.04. The molecule has 0 bridgehead atoms. The first kappa shape index (κ1) is 9.87. The molecule has 1 fully saturated rings. The van der Waals surface area contributed by atoms with E-state index in [0.717, 1.165) is 5.82 Å². The number of rotatable bonds is 4. The van der Waals surface area contributed by atoms with Crippen LogP contribution in [-0.2, 0) is 6.54 Å². The smallest absolute Gasteiger partial charge is 0.141 e. The van der Waals surface area contributed by atoms with Crippen LogP contribution in [0.15, 0.2) is 18.5 Å². The molecule has 0 aliphatic heterocycles. The summed E-state index contributed by atoms with van der Waals surface area (Å²) in [6.45, 7) is 0.716. The topological polar surface area (TPSA) is 37.8 Å². The number of halogens is 1. The quantitative estimate of drug-likeness (QED) is 0.771. The Hall–Kier alpha value is -0.670. The fourth-order valence-corrected chi connectivity index (χ4v) is 2.01.